The van der Waals surface area contributed by atoms with Crippen LogP contribution >= 0.6 is 7.82 Å². The number of benzene rings is 2. The normalized spacial score (nSPS) is 12.7. The Bertz CT molecular complexity index is 764. The first-order chi connectivity index (χ1) is 10.7. The molecule has 0 aliphatic rings. The smallest absolute Gasteiger partial charge is 0.508 e. The van der Waals surface area contributed by atoms with Crippen molar-refractivity contribution in [1.29, 1.82) is 0 Å². The summed E-state index contributed by atoms with van der Waals surface area (Å²) in [5, 5.41) is 19.2. The second-order valence-corrected chi connectivity index (χ2v) is 6.07. The number of carbonyl (C=O) groups is 1. The predicted molar refractivity (Wildman–Crippen MR) is 81.6 cm³/mol. The molecule has 122 valence electrons. The van der Waals surface area contributed by atoms with E-state index in [1.165, 1.54) is 30.3 Å². The fourth-order valence-corrected chi connectivity index (χ4v) is 2.51. The lowest BCUT2D eigenvalue weighted by atomic mass is 9.91. The maximum absolute atomic E-state index is 12.6. The lowest BCUT2D eigenvalue weighted by molar-refractivity contribution is 0.0961. The van der Waals surface area contributed by atoms with Gasteiger partial charge in [-0.3, -0.25) is 14.6 Å². The Morgan fingerprint density at radius 3 is 2.26 bits per heavy atom. The first-order valence-corrected chi connectivity index (χ1v) is 8.12. The summed E-state index contributed by atoms with van der Waals surface area (Å²) < 4.78 is 15.5. The number of phenolic OH excluding ortho intramolecular Hbond substituents is 2. The van der Waals surface area contributed by atoms with E-state index in [2.05, 4.69) is 4.52 Å². The van der Waals surface area contributed by atoms with Crippen molar-refractivity contribution in [3.8, 4) is 17.2 Å². The Labute approximate surface area is 132 Å². The summed E-state index contributed by atoms with van der Waals surface area (Å²) in [5.74, 6) is -2.08. The highest BCUT2D eigenvalue weighted by molar-refractivity contribution is 7.46. The highest BCUT2D eigenvalue weighted by atomic mass is 31.2. The zero-order chi connectivity index (χ0) is 17.2. The largest absolute Gasteiger partial charge is 0.524 e. The monoisotopic (exact) mass is 338 g/mol. The van der Waals surface area contributed by atoms with Crippen molar-refractivity contribution in [2.24, 2.45) is 0 Å². The van der Waals surface area contributed by atoms with E-state index in [9.17, 15) is 19.6 Å². The van der Waals surface area contributed by atoms with Gasteiger partial charge in [0.1, 0.15) is 22.8 Å². The molecule has 7 nitrogen and oxygen atoms in total. The maximum Gasteiger partial charge on any atom is 0.524 e. The second kappa shape index (κ2) is 6.42. The maximum atomic E-state index is 12.6. The average molecular weight is 338 g/mol. The molecule has 0 fully saturated rings. The van der Waals surface area contributed by atoms with Crippen LogP contribution in [-0.2, 0) is 4.57 Å². The van der Waals surface area contributed by atoms with E-state index in [0.717, 1.165) is 0 Å². The number of hydrogen-bond donors (Lipinski definition) is 4. The van der Waals surface area contributed by atoms with Crippen molar-refractivity contribution in [2.75, 3.05) is 0 Å². The van der Waals surface area contributed by atoms with Gasteiger partial charge in [0.2, 0.25) is 0 Å². The third-order valence-electron chi connectivity index (χ3n) is 3.25. The van der Waals surface area contributed by atoms with E-state index in [0.29, 0.717) is 5.56 Å². The Balaban J connectivity index is 2.42. The molecule has 0 bridgehead atoms. The molecule has 2 aromatic rings. The molecule has 0 radical (unpaired) electrons. The molecule has 0 saturated carbocycles. The van der Waals surface area contributed by atoms with Gasteiger partial charge < -0.3 is 14.7 Å². The molecule has 2 rings (SSSR count). The van der Waals surface area contributed by atoms with Crippen molar-refractivity contribution in [3.05, 3.63) is 53.6 Å². The van der Waals surface area contributed by atoms with E-state index < -0.39 is 31.0 Å². The van der Waals surface area contributed by atoms with Crippen LogP contribution in [-0.4, -0.2) is 25.8 Å². The highest BCUT2D eigenvalue weighted by Gasteiger charge is 2.27. The fraction of sp³-hybridized carbons (Fsp3) is 0.133. The minimum Gasteiger partial charge on any atom is -0.508 e. The lowest BCUT2D eigenvalue weighted by Crippen LogP contribution is -2.11. The topological polar surface area (TPSA) is 124 Å². The molecule has 0 amide bonds. The third-order valence-corrected chi connectivity index (χ3v) is 3.69. The molecule has 2 aromatic carbocycles. The third kappa shape index (κ3) is 4.10. The lowest BCUT2D eigenvalue weighted by Gasteiger charge is -2.16. The van der Waals surface area contributed by atoms with Crippen LogP contribution in [0.25, 0.3) is 0 Å². The van der Waals surface area contributed by atoms with E-state index in [1.54, 1.807) is 19.1 Å². The molecule has 0 aliphatic carbocycles. The summed E-state index contributed by atoms with van der Waals surface area (Å²) in [7, 11) is -4.88. The van der Waals surface area contributed by atoms with Crippen molar-refractivity contribution < 1.29 is 33.9 Å². The van der Waals surface area contributed by atoms with Gasteiger partial charge in [-0.1, -0.05) is 25.1 Å². The minimum atomic E-state index is -4.88. The standard InChI is InChI=1S/C15H15O7P/c1-9(10-5-7-11(16)8-6-10)15(18)14-12(17)3-2-4-13(14)22-23(19,20)21/h2-9,16-17H,1H3,(H2,19,20,21). The van der Waals surface area contributed by atoms with Crippen molar-refractivity contribution in [1.82, 2.24) is 0 Å². The molecule has 8 heteroatoms. The summed E-state index contributed by atoms with van der Waals surface area (Å²) in [4.78, 5) is 30.4. The molecule has 0 heterocycles. The molecular formula is C15H15O7P. The van der Waals surface area contributed by atoms with Crippen LogP contribution in [0.4, 0.5) is 0 Å². The molecule has 0 saturated heterocycles. The Morgan fingerprint density at radius 1 is 1.09 bits per heavy atom. The highest BCUT2D eigenvalue weighted by Crippen LogP contribution is 2.42. The number of phosphoric acid groups is 1. The second-order valence-electron chi connectivity index (χ2n) is 4.91. The van der Waals surface area contributed by atoms with Crippen molar-refractivity contribution >= 4 is 13.6 Å². The SMILES string of the molecule is CC(C(=O)c1c(O)cccc1OP(=O)(O)O)c1ccc(O)cc1. The van der Waals surface area contributed by atoms with Crippen LogP contribution < -0.4 is 4.52 Å². The summed E-state index contributed by atoms with van der Waals surface area (Å²) in [6.45, 7) is 1.57. The summed E-state index contributed by atoms with van der Waals surface area (Å²) in [6.07, 6.45) is 0. The number of phosphoric ester groups is 1. The Hall–Kier alpha value is -2.34. The molecule has 1 atom stereocenters. The van der Waals surface area contributed by atoms with Crippen molar-refractivity contribution in [2.45, 2.75) is 12.8 Å². The van der Waals surface area contributed by atoms with Crippen LogP contribution in [0.15, 0.2) is 42.5 Å². The molecule has 23 heavy (non-hydrogen) atoms. The number of hydrogen-bond acceptors (Lipinski definition) is 5. The number of ketones is 1. The van der Waals surface area contributed by atoms with E-state index >= 15 is 0 Å². The fourth-order valence-electron chi connectivity index (χ4n) is 2.10. The number of phenols is 2. The van der Waals surface area contributed by atoms with Gasteiger partial charge in [-0.05, 0) is 29.8 Å². The first kappa shape index (κ1) is 17.0. The van der Waals surface area contributed by atoms with Crippen LogP contribution in [0.1, 0.15) is 28.8 Å². The number of rotatable bonds is 5. The minimum absolute atomic E-state index is 0.0430. The van der Waals surface area contributed by atoms with Gasteiger partial charge in [-0.25, -0.2) is 4.57 Å². The van der Waals surface area contributed by atoms with Crippen LogP contribution in [0.3, 0.4) is 0 Å². The molecular weight excluding hydrogens is 323 g/mol. The summed E-state index contributed by atoms with van der Waals surface area (Å²) in [6, 6.07) is 9.64. The van der Waals surface area contributed by atoms with Crippen molar-refractivity contribution in [3.63, 3.8) is 0 Å². The van der Waals surface area contributed by atoms with Crippen LogP contribution in [0.2, 0.25) is 0 Å². The van der Waals surface area contributed by atoms with Crippen LogP contribution in [0.5, 0.6) is 17.2 Å². The number of aromatic hydroxyl groups is 2. The van der Waals surface area contributed by atoms with E-state index in [-0.39, 0.29) is 11.3 Å². The molecule has 0 aliphatic heterocycles. The van der Waals surface area contributed by atoms with Crippen LogP contribution in [0, 0.1) is 0 Å². The zero-order valence-corrected chi connectivity index (χ0v) is 13.0. The number of carbonyl (C=O) groups excluding carboxylic acids is 1. The quantitative estimate of drug-likeness (QED) is 0.488. The molecule has 1 unspecified atom stereocenters. The summed E-state index contributed by atoms with van der Waals surface area (Å²) in [5.41, 5.74) is 0.259. The first-order valence-electron chi connectivity index (χ1n) is 6.59. The summed E-state index contributed by atoms with van der Waals surface area (Å²) >= 11 is 0. The zero-order valence-electron chi connectivity index (χ0n) is 12.1. The molecule has 4 N–H and O–H groups in total. The number of Topliss-reactive ketones (excluding diaryl/α,β-unsaturated/α-hetero) is 1. The van der Waals surface area contributed by atoms with Gasteiger partial charge in [0, 0.05) is 5.92 Å². The average Bonchev–Trinajstić information content (AvgIpc) is 2.45. The van der Waals surface area contributed by atoms with Gasteiger partial charge in [-0.15, -0.1) is 0 Å². The van der Waals surface area contributed by atoms with Gasteiger partial charge in [0.25, 0.3) is 0 Å². The van der Waals surface area contributed by atoms with Gasteiger partial charge >= 0.3 is 7.82 Å². The van der Waals surface area contributed by atoms with Gasteiger partial charge in [0.15, 0.2) is 5.78 Å². The van der Waals surface area contributed by atoms with E-state index in [1.807, 2.05) is 0 Å². The molecule has 0 aromatic heterocycles. The van der Waals surface area contributed by atoms with E-state index in [4.69, 9.17) is 9.79 Å². The van der Waals surface area contributed by atoms with Gasteiger partial charge in [0.05, 0.1) is 0 Å². The predicted octanol–water partition coefficient (Wildman–Crippen LogP) is 2.56. The molecule has 0 spiro atoms. The Morgan fingerprint density at radius 2 is 1.70 bits per heavy atom. The van der Waals surface area contributed by atoms with Gasteiger partial charge in [-0.2, -0.15) is 0 Å². The Kier molecular flexibility index (Phi) is 4.75.